The van der Waals surface area contributed by atoms with E-state index in [9.17, 15) is 4.79 Å². The molecule has 3 heterocycles. The van der Waals surface area contributed by atoms with Gasteiger partial charge in [0.1, 0.15) is 0 Å². The van der Waals surface area contributed by atoms with E-state index in [0.717, 1.165) is 32.4 Å². The van der Waals surface area contributed by atoms with Crippen LogP contribution in [0.5, 0.6) is 0 Å². The Morgan fingerprint density at radius 3 is 2.84 bits per heavy atom. The average Bonchev–Trinajstić information content (AvgIpc) is 3.34. The van der Waals surface area contributed by atoms with Crippen LogP contribution in [0.25, 0.3) is 22.7 Å². The molecule has 2 aromatic carbocycles. The fourth-order valence-electron chi connectivity index (χ4n) is 3.40. The normalized spacial score (nSPS) is 16.7. The summed E-state index contributed by atoms with van der Waals surface area (Å²) in [5.41, 5.74) is 3.67. The van der Waals surface area contributed by atoms with E-state index >= 15 is 0 Å². The van der Waals surface area contributed by atoms with E-state index in [1.54, 1.807) is 18.1 Å². The molecule has 0 saturated carbocycles. The lowest BCUT2D eigenvalue weighted by Gasteiger charge is -2.08. The van der Waals surface area contributed by atoms with Crippen molar-refractivity contribution in [2.75, 3.05) is 7.05 Å². The minimum Gasteiger partial charge on any atom is -0.317 e. The first kappa shape index (κ1) is 19.8. The molecule has 1 amide bonds. The molecule has 5 rings (SSSR count). The molecule has 4 aromatic rings. The number of carbonyl (C=O) groups is 1. The molecule has 1 fully saturated rings. The van der Waals surface area contributed by atoms with E-state index in [4.69, 9.17) is 4.99 Å². The third-order valence-corrected chi connectivity index (χ3v) is 6.51. The molecule has 152 valence electrons. The number of aliphatic imine (C=N–C) groups is 1. The first-order valence-electron chi connectivity index (χ1n) is 9.63. The zero-order valence-corrected chi connectivity index (χ0v) is 19.0. The number of aromatic nitrogens is 2. The van der Waals surface area contributed by atoms with Gasteiger partial charge >= 0.3 is 0 Å². The van der Waals surface area contributed by atoms with Gasteiger partial charge in [0.25, 0.3) is 5.91 Å². The number of hydrogen-bond donors (Lipinski definition) is 0. The van der Waals surface area contributed by atoms with Crippen LogP contribution in [0.4, 0.5) is 5.69 Å². The van der Waals surface area contributed by atoms with Crippen molar-refractivity contribution in [1.82, 2.24) is 14.5 Å². The van der Waals surface area contributed by atoms with Crippen LogP contribution in [0.15, 0.2) is 93.5 Å². The zero-order chi connectivity index (χ0) is 21.4. The van der Waals surface area contributed by atoms with E-state index in [-0.39, 0.29) is 5.91 Å². The van der Waals surface area contributed by atoms with E-state index in [2.05, 4.69) is 25.5 Å². The second-order valence-electron chi connectivity index (χ2n) is 7.03. The fourth-order valence-corrected chi connectivity index (χ4v) is 4.76. The largest absolute Gasteiger partial charge is 0.317 e. The molecule has 1 aliphatic heterocycles. The summed E-state index contributed by atoms with van der Waals surface area (Å²) in [5.74, 6) is -0.0619. The molecule has 1 saturated heterocycles. The Kier molecular flexibility index (Phi) is 5.21. The topological polar surface area (TPSA) is 50.5 Å². The second-order valence-corrected chi connectivity index (χ2v) is 8.96. The van der Waals surface area contributed by atoms with Crippen molar-refractivity contribution in [2.24, 2.45) is 4.99 Å². The van der Waals surface area contributed by atoms with Crippen molar-refractivity contribution < 1.29 is 4.79 Å². The van der Waals surface area contributed by atoms with Gasteiger partial charge in [-0.25, -0.2) is 4.99 Å². The monoisotopic (exact) mass is 488 g/mol. The summed E-state index contributed by atoms with van der Waals surface area (Å²) in [6.07, 6.45) is 5.67. The van der Waals surface area contributed by atoms with Crippen LogP contribution < -0.4 is 0 Å². The summed E-state index contributed by atoms with van der Waals surface area (Å²) >= 11 is 4.90. The van der Waals surface area contributed by atoms with Gasteiger partial charge in [-0.2, -0.15) is 0 Å². The SMILES string of the molecule is CN1C(=O)/C(=C/c2cccn2-c2cccc(Br)c2)SC1=Nc1ccc2ncccc2c1. The van der Waals surface area contributed by atoms with E-state index in [1.165, 1.54) is 11.8 Å². The predicted molar refractivity (Wildman–Crippen MR) is 131 cm³/mol. The molecule has 5 nitrogen and oxygen atoms in total. The van der Waals surface area contributed by atoms with Crippen molar-refractivity contribution in [3.63, 3.8) is 0 Å². The Morgan fingerprint density at radius 2 is 1.97 bits per heavy atom. The number of rotatable bonds is 3. The summed E-state index contributed by atoms with van der Waals surface area (Å²) in [4.78, 5) is 24.2. The molecule has 0 spiro atoms. The molecule has 0 bridgehead atoms. The van der Waals surface area contributed by atoms with Gasteiger partial charge in [-0.15, -0.1) is 0 Å². The van der Waals surface area contributed by atoms with Crippen LogP contribution in [0.1, 0.15) is 5.69 Å². The predicted octanol–water partition coefficient (Wildman–Crippen LogP) is 6.02. The van der Waals surface area contributed by atoms with E-state index in [0.29, 0.717) is 10.1 Å². The molecule has 2 aromatic heterocycles. The van der Waals surface area contributed by atoms with Crippen LogP contribution in [0.2, 0.25) is 0 Å². The highest BCUT2D eigenvalue weighted by atomic mass is 79.9. The van der Waals surface area contributed by atoms with Crippen LogP contribution >= 0.6 is 27.7 Å². The fraction of sp³-hybridized carbons (Fsp3) is 0.0417. The Bertz CT molecular complexity index is 1370. The first-order chi connectivity index (χ1) is 15.1. The highest BCUT2D eigenvalue weighted by Gasteiger charge is 2.30. The van der Waals surface area contributed by atoms with Gasteiger partial charge in [0, 0.05) is 40.7 Å². The molecule has 0 unspecified atom stereocenters. The smallest absolute Gasteiger partial charge is 0.266 e. The number of fused-ring (bicyclic) bond motifs is 1. The third kappa shape index (κ3) is 3.94. The lowest BCUT2D eigenvalue weighted by Crippen LogP contribution is -2.23. The molecule has 0 aliphatic carbocycles. The highest BCUT2D eigenvalue weighted by Crippen LogP contribution is 2.34. The molecule has 31 heavy (non-hydrogen) atoms. The number of nitrogens with zero attached hydrogens (tertiary/aromatic N) is 4. The van der Waals surface area contributed by atoms with Crippen molar-refractivity contribution >= 4 is 61.4 Å². The van der Waals surface area contributed by atoms with Crippen LogP contribution in [-0.4, -0.2) is 32.6 Å². The molecular weight excluding hydrogens is 472 g/mol. The van der Waals surface area contributed by atoms with Gasteiger partial charge in [-0.3, -0.25) is 14.7 Å². The van der Waals surface area contributed by atoms with Crippen molar-refractivity contribution in [1.29, 1.82) is 0 Å². The number of amides is 1. The highest BCUT2D eigenvalue weighted by molar-refractivity contribution is 9.10. The van der Waals surface area contributed by atoms with Crippen molar-refractivity contribution in [3.8, 4) is 5.69 Å². The quantitative estimate of drug-likeness (QED) is 0.331. The summed E-state index contributed by atoms with van der Waals surface area (Å²) < 4.78 is 3.06. The van der Waals surface area contributed by atoms with Crippen LogP contribution in [0.3, 0.4) is 0 Å². The number of carbonyl (C=O) groups excluding carboxylic acids is 1. The number of likely N-dealkylation sites (N-methyl/N-ethyl adjacent to an activating group) is 1. The molecule has 1 aliphatic rings. The van der Waals surface area contributed by atoms with E-state index < -0.39 is 0 Å². The molecular formula is C24H17BrN4OS. The number of halogens is 1. The van der Waals surface area contributed by atoms with Gasteiger partial charge in [0.2, 0.25) is 0 Å². The molecule has 0 atom stereocenters. The summed E-state index contributed by atoms with van der Waals surface area (Å²) in [6.45, 7) is 0. The number of hydrogen-bond acceptors (Lipinski definition) is 4. The Hall–Kier alpha value is -3.16. The minimum absolute atomic E-state index is 0.0619. The zero-order valence-electron chi connectivity index (χ0n) is 16.6. The third-order valence-electron chi connectivity index (χ3n) is 4.96. The maximum absolute atomic E-state index is 12.9. The standard InChI is InChI=1S/C24H17BrN4OS/c1-28-23(30)22(15-20-8-4-12-29(20)19-7-2-6-17(25)14-19)31-24(28)27-18-9-10-21-16(13-18)5-3-11-26-21/h2-15H,1H3/b22-15-,27-24?. The maximum Gasteiger partial charge on any atom is 0.266 e. The molecule has 0 N–H and O–H groups in total. The molecule has 0 radical (unpaired) electrons. The number of benzene rings is 2. The number of pyridine rings is 1. The van der Waals surface area contributed by atoms with E-state index in [1.807, 2.05) is 79.0 Å². The van der Waals surface area contributed by atoms with Gasteiger partial charge in [-0.1, -0.05) is 28.1 Å². The summed E-state index contributed by atoms with van der Waals surface area (Å²) in [7, 11) is 1.75. The maximum atomic E-state index is 12.9. The van der Waals surface area contributed by atoms with Gasteiger partial charge in [0.05, 0.1) is 16.1 Å². The number of thioether (sulfide) groups is 1. The minimum atomic E-state index is -0.0619. The lowest BCUT2D eigenvalue weighted by molar-refractivity contribution is -0.121. The van der Waals surface area contributed by atoms with Crippen molar-refractivity contribution in [3.05, 3.63) is 94.2 Å². The Labute approximate surface area is 192 Å². The lowest BCUT2D eigenvalue weighted by atomic mass is 10.2. The summed E-state index contributed by atoms with van der Waals surface area (Å²) in [6, 6.07) is 21.8. The Balaban J connectivity index is 1.47. The Morgan fingerprint density at radius 1 is 1.06 bits per heavy atom. The number of amidine groups is 1. The van der Waals surface area contributed by atoms with Gasteiger partial charge < -0.3 is 4.57 Å². The second kappa shape index (κ2) is 8.17. The van der Waals surface area contributed by atoms with Crippen molar-refractivity contribution in [2.45, 2.75) is 0 Å². The molecule has 7 heteroatoms. The van der Waals surface area contributed by atoms with Gasteiger partial charge in [0.15, 0.2) is 5.17 Å². The average molecular weight is 489 g/mol. The van der Waals surface area contributed by atoms with Crippen LogP contribution in [-0.2, 0) is 4.79 Å². The van der Waals surface area contributed by atoms with Gasteiger partial charge in [-0.05, 0) is 72.4 Å². The first-order valence-corrected chi connectivity index (χ1v) is 11.2. The summed E-state index contributed by atoms with van der Waals surface area (Å²) in [5, 5.41) is 1.67. The van der Waals surface area contributed by atoms with Crippen LogP contribution in [0, 0.1) is 0 Å².